The summed E-state index contributed by atoms with van der Waals surface area (Å²) in [7, 11) is 1.42. The number of hydrogen-bond donors (Lipinski definition) is 0. The largest absolute Gasteiger partial charge is 0.494 e. The summed E-state index contributed by atoms with van der Waals surface area (Å²) in [6.45, 7) is 4.65. The van der Waals surface area contributed by atoms with Crippen LogP contribution < -0.4 is 4.74 Å². The molecule has 0 spiro atoms. The zero-order valence-corrected chi connectivity index (χ0v) is 10.9. The van der Waals surface area contributed by atoms with Gasteiger partial charge in [0.25, 0.3) is 0 Å². The van der Waals surface area contributed by atoms with E-state index in [2.05, 4.69) is 0 Å². The molecule has 0 aliphatic heterocycles. The maximum absolute atomic E-state index is 13.5. The van der Waals surface area contributed by atoms with Crippen LogP contribution in [0.25, 0.3) is 0 Å². The van der Waals surface area contributed by atoms with Crippen LogP contribution in [0.5, 0.6) is 5.75 Å². The number of amides is 1. The number of halogens is 1. The van der Waals surface area contributed by atoms with E-state index in [4.69, 9.17) is 4.74 Å². The van der Waals surface area contributed by atoms with Crippen molar-refractivity contribution in [2.45, 2.75) is 20.4 Å². The van der Waals surface area contributed by atoms with Gasteiger partial charge in [-0.15, -0.1) is 0 Å². The van der Waals surface area contributed by atoms with Gasteiger partial charge in [-0.25, -0.2) is 4.39 Å². The van der Waals surface area contributed by atoms with Crippen LogP contribution in [0.4, 0.5) is 4.39 Å². The standard InChI is InChI=1S/C14H18FNO2/c1-4-6-14(17)16(5-2)10-11-7-8-13(18-3)12(15)9-11/h4,6-9H,5,10H2,1-3H3. The maximum atomic E-state index is 13.5. The fourth-order valence-corrected chi connectivity index (χ4v) is 1.62. The van der Waals surface area contributed by atoms with Crippen LogP contribution in [-0.2, 0) is 11.3 Å². The van der Waals surface area contributed by atoms with Crippen molar-refractivity contribution in [3.63, 3.8) is 0 Å². The number of rotatable bonds is 5. The Labute approximate surface area is 107 Å². The first-order chi connectivity index (χ1) is 8.62. The lowest BCUT2D eigenvalue weighted by Gasteiger charge is -2.19. The van der Waals surface area contributed by atoms with Crippen molar-refractivity contribution in [2.75, 3.05) is 13.7 Å². The summed E-state index contributed by atoms with van der Waals surface area (Å²) in [6, 6.07) is 4.72. The van der Waals surface area contributed by atoms with E-state index < -0.39 is 5.82 Å². The predicted octanol–water partition coefficient (Wildman–Crippen LogP) is 2.76. The zero-order chi connectivity index (χ0) is 13.5. The van der Waals surface area contributed by atoms with Crippen LogP contribution in [0.1, 0.15) is 19.4 Å². The number of allylic oxidation sites excluding steroid dienone is 1. The summed E-state index contributed by atoms with van der Waals surface area (Å²) >= 11 is 0. The molecule has 0 aliphatic carbocycles. The molecule has 1 aromatic carbocycles. The highest BCUT2D eigenvalue weighted by atomic mass is 19.1. The Hall–Kier alpha value is -1.84. The van der Waals surface area contributed by atoms with Crippen LogP contribution in [-0.4, -0.2) is 24.5 Å². The zero-order valence-electron chi connectivity index (χ0n) is 10.9. The van der Waals surface area contributed by atoms with Crippen LogP contribution >= 0.6 is 0 Å². The van der Waals surface area contributed by atoms with Gasteiger partial charge in [0.1, 0.15) is 0 Å². The van der Waals surface area contributed by atoms with Gasteiger partial charge in [0.2, 0.25) is 5.91 Å². The lowest BCUT2D eigenvalue weighted by atomic mass is 10.2. The summed E-state index contributed by atoms with van der Waals surface area (Å²) in [4.78, 5) is 13.3. The molecular formula is C14H18FNO2. The van der Waals surface area contributed by atoms with E-state index >= 15 is 0 Å². The fourth-order valence-electron chi connectivity index (χ4n) is 1.62. The minimum Gasteiger partial charge on any atom is -0.494 e. The van der Waals surface area contributed by atoms with E-state index in [9.17, 15) is 9.18 Å². The molecule has 0 saturated heterocycles. The third-order valence-corrected chi connectivity index (χ3v) is 2.59. The first-order valence-electron chi connectivity index (χ1n) is 5.86. The number of carbonyl (C=O) groups is 1. The number of ether oxygens (including phenoxy) is 1. The molecular weight excluding hydrogens is 233 g/mol. The van der Waals surface area contributed by atoms with Gasteiger partial charge in [-0.2, -0.15) is 0 Å². The van der Waals surface area contributed by atoms with Crippen molar-refractivity contribution < 1.29 is 13.9 Å². The lowest BCUT2D eigenvalue weighted by molar-refractivity contribution is -0.126. The monoisotopic (exact) mass is 251 g/mol. The topological polar surface area (TPSA) is 29.5 Å². The summed E-state index contributed by atoms with van der Waals surface area (Å²) < 4.78 is 18.4. The average molecular weight is 251 g/mol. The van der Waals surface area contributed by atoms with Gasteiger partial charge in [-0.1, -0.05) is 12.1 Å². The number of carbonyl (C=O) groups excluding carboxylic acids is 1. The van der Waals surface area contributed by atoms with Crippen molar-refractivity contribution in [3.8, 4) is 5.75 Å². The van der Waals surface area contributed by atoms with Crippen LogP contribution in [0.3, 0.4) is 0 Å². The van der Waals surface area contributed by atoms with Gasteiger partial charge >= 0.3 is 0 Å². The van der Waals surface area contributed by atoms with Crippen molar-refractivity contribution in [1.82, 2.24) is 4.90 Å². The molecule has 0 aliphatic rings. The highest BCUT2D eigenvalue weighted by molar-refractivity contribution is 5.87. The first-order valence-corrected chi connectivity index (χ1v) is 5.86. The molecule has 1 amide bonds. The number of nitrogens with zero attached hydrogens (tertiary/aromatic N) is 1. The highest BCUT2D eigenvalue weighted by Crippen LogP contribution is 2.18. The van der Waals surface area contributed by atoms with Gasteiger partial charge in [0.15, 0.2) is 11.6 Å². The molecule has 3 nitrogen and oxygen atoms in total. The smallest absolute Gasteiger partial charge is 0.246 e. The molecule has 0 aromatic heterocycles. The minimum atomic E-state index is -0.412. The molecule has 0 bridgehead atoms. The Morgan fingerprint density at radius 2 is 2.22 bits per heavy atom. The predicted molar refractivity (Wildman–Crippen MR) is 68.9 cm³/mol. The number of likely N-dealkylation sites (N-methyl/N-ethyl adjacent to an activating group) is 1. The van der Waals surface area contributed by atoms with Crippen LogP contribution in [0.2, 0.25) is 0 Å². The highest BCUT2D eigenvalue weighted by Gasteiger charge is 2.10. The Kier molecular flexibility index (Phi) is 5.36. The summed E-state index contributed by atoms with van der Waals surface area (Å²) in [6.07, 6.45) is 3.20. The Bertz CT molecular complexity index is 443. The third-order valence-electron chi connectivity index (χ3n) is 2.59. The van der Waals surface area contributed by atoms with Crippen LogP contribution in [0, 0.1) is 5.82 Å². The molecule has 0 atom stereocenters. The fraction of sp³-hybridized carbons (Fsp3) is 0.357. The Morgan fingerprint density at radius 3 is 2.72 bits per heavy atom. The number of benzene rings is 1. The first kappa shape index (κ1) is 14.2. The van der Waals surface area contributed by atoms with Gasteiger partial charge in [0.05, 0.1) is 7.11 Å². The van der Waals surface area contributed by atoms with E-state index in [1.807, 2.05) is 6.92 Å². The van der Waals surface area contributed by atoms with Gasteiger partial charge in [-0.05, 0) is 37.6 Å². The molecule has 1 aromatic rings. The molecule has 0 heterocycles. The number of hydrogen-bond acceptors (Lipinski definition) is 2. The van der Waals surface area contributed by atoms with E-state index in [0.29, 0.717) is 13.1 Å². The van der Waals surface area contributed by atoms with Gasteiger partial charge < -0.3 is 9.64 Å². The Morgan fingerprint density at radius 1 is 1.50 bits per heavy atom. The second-order valence-electron chi connectivity index (χ2n) is 3.82. The average Bonchev–Trinajstić information content (AvgIpc) is 2.36. The molecule has 1 rings (SSSR count). The molecule has 18 heavy (non-hydrogen) atoms. The molecule has 0 N–H and O–H groups in total. The molecule has 0 saturated carbocycles. The summed E-state index contributed by atoms with van der Waals surface area (Å²) in [5.74, 6) is -0.276. The van der Waals surface area contributed by atoms with Crippen molar-refractivity contribution >= 4 is 5.91 Å². The van der Waals surface area contributed by atoms with Crippen molar-refractivity contribution in [3.05, 3.63) is 41.7 Å². The van der Waals surface area contributed by atoms with Crippen LogP contribution in [0.15, 0.2) is 30.4 Å². The van der Waals surface area contributed by atoms with E-state index in [-0.39, 0.29) is 11.7 Å². The second-order valence-corrected chi connectivity index (χ2v) is 3.82. The van der Waals surface area contributed by atoms with E-state index in [0.717, 1.165) is 5.56 Å². The molecule has 4 heteroatoms. The van der Waals surface area contributed by atoms with Crippen molar-refractivity contribution in [1.29, 1.82) is 0 Å². The quantitative estimate of drug-likeness (QED) is 0.753. The molecule has 0 radical (unpaired) electrons. The summed E-state index contributed by atoms with van der Waals surface area (Å²) in [5, 5.41) is 0. The number of methoxy groups -OCH3 is 1. The SMILES string of the molecule is CC=CC(=O)N(CC)Cc1ccc(OC)c(F)c1. The second kappa shape index (κ2) is 6.79. The van der Waals surface area contributed by atoms with Crippen molar-refractivity contribution in [2.24, 2.45) is 0 Å². The van der Waals surface area contributed by atoms with E-state index in [1.165, 1.54) is 19.3 Å². The Balaban J connectivity index is 2.82. The van der Waals surface area contributed by atoms with Gasteiger partial charge in [-0.3, -0.25) is 4.79 Å². The molecule has 0 unspecified atom stereocenters. The molecule has 0 fully saturated rings. The summed E-state index contributed by atoms with van der Waals surface area (Å²) in [5.41, 5.74) is 0.744. The van der Waals surface area contributed by atoms with Gasteiger partial charge in [0, 0.05) is 13.1 Å². The minimum absolute atomic E-state index is 0.0729. The third kappa shape index (κ3) is 3.58. The van der Waals surface area contributed by atoms with E-state index in [1.54, 1.807) is 30.0 Å². The maximum Gasteiger partial charge on any atom is 0.246 e. The lowest BCUT2D eigenvalue weighted by Crippen LogP contribution is -2.28. The molecule has 98 valence electrons. The normalized spacial score (nSPS) is 10.7.